The van der Waals surface area contributed by atoms with Crippen LogP contribution in [0.25, 0.3) is 0 Å². The average Bonchev–Trinajstić information content (AvgIpc) is 2.29. The maximum Gasteiger partial charge on any atom is 0.414 e. The van der Waals surface area contributed by atoms with E-state index in [1.807, 2.05) is 0 Å². The number of rotatable bonds is 7. The Bertz CT molecular complexity index is 472. The van der Waals surface area contributed by atoms with Gasteiger partial charge in [0, 0.05) is 21.2 Å². The van der Waals surface area contributed by atoms with Gasteiger partial charge in [0.25, 0.3) is 0 Å². The lowest BCUT2D eigenvalue weighted by Gasteiger charge is -2.22. The van der Waals surface area contributed by atoms with Gasteiger partial charge in [0.2, 0.25) is 0 Å². The van der Waals surface area contributed by atoms with E-state index in [0.717, 1.165) is 0 Å². The zero-order chi connectivity index (χ0) is 17.8. The molecule has 4 N–H and O–H groups in total. The summed E-state index contributed by atoms with van der Waals surface area (Å²) in [5.74, 6) is -1.68. The summed E-state index contributed by atoms with van der Waals surface area (Å²) in [5.41, 5.74) is 4.80. The third-order valence-electron chi connectivity index (χ3n) is 2.57. The van der Waals surface area contributed by atoms with Crippen LogP contribution >= 0.6 is 0 Å². The number of alkyl halides is 3. The van der Waals surface area contributed by atoms with Crippen molar-refractivity contribution in [3.05, 3.63) is 0 Å². The van der Waals surface area contributed by atoms with E-state index in [4.69, 9.17) is 20.4 Å². The van der Waals surface area contributed by atoms with Crippen molar-refractivity contribution in [1.29, 1.82) is 4.78 Å². The van der Waals surface area contributed by atoms with E-state index in [1.54, 1.807) is 20.8 Å². The zero-order valence-electron chi connectivity index (χ0n) is 12.8. The van der Waals surface area contributed by atoms with Crippen molar-refractivity contribution < 1.29 is 32.0 Å². The molecular weight excluding hydrogens is 325 g/mol. The molecule has 0 spiro atoms. The Morgan fingerprint density at radius 1 is 1.27 bits per heavy atom. The summed E-state index contributed by atoms with van der Waals surface area (Å²) < 4.78 is 60.6. The molecule has 0 aromatic rings. The van der Waals surface area contributed by atoms with Crippen LogP contribution in [0.2, 0.25) is 0 Å². The Hall–Kier alpha value is -0.870. The van der Waals surface area contributed by atoms with Gasteiger partial charge in [-0.3, -0.25) is 9.57 Å². The molecule has 0 aliphatic carbocycles. The standard InChI is InChI=1S/C12H23F3N2O4S/c1-11(2,3)21-10(19)8(16)4-6-22(17,20)7-5-9(18)12(13,14)15/h8-9,17-18H,4-7,16H2,1-3H3/t8-,9-,22+/m0/s1. The minimum absolute atomic E-state index is 0.140. The third-order valence-corrected chi connectivity index (χ3v) is 4.36. The summed E-state index contributed by atoms with van der Waals surface area (Å²) >= 11 is 0. The second-order valence-electron chi connectivity index (χ2n) is 5.99. The second kappa shape index (κ2) is 7.60. The highest BCUT2D eigenvalue weighted by Crippen LogP contribution is 2.22. The number of nitrogens with two attached hydrogens (primary N) is 1. The predicted molar refractivity (Wildman–Crippen MR) is 75.7 cm³/mol. The van der Waals surface area contributed by atoms with Gasteiger partial charge in [-0.1, -0.05) is 0 Å². The van der Waals surface area contributed by atoms with Crippen molar-refractivity contribution in [2.75, 3.05) is 11.5 Å². The van der Waals surface area contributed by atoms with Crippen molar-refractivity contribution in [1.82, 2.24) is 0 Å². The smallest absolute Gasteiger partial charge is 0.414 e. The largest absolute Gasteiger partial charge is 0.459 e. The van der Waals surface area contributed by atoms with Crippen molar-refractivity contribution in [3.8, 4) is 0 Å². The molecule has 6 nitrogen and oxygen atoms in total. The van der Waals surface area contributed by atoms with Gasteiger partial charge in [0.15, 0.2) is 6.10 Å². The summed E-state index contributed by atoms with van der Waals surface area (Å²) in [6.45, 7) is 4.93. The van der Waals surface area contributed by atoms with Gasteiger partial charge in [-0.25, -0.2) is 4.21 Å². The van der Waals surface area contributed by atoms with E-state index in [9.17, 15) is 22.2 Å². The maximum absolute atomic E-state index is 12.1. The van der Waals surface area contributed by atoms with E-state index in [2.05, 4.69) is 0 Å². The maximum atomic E-state index is 12.1. The van der Waals surface area contributed by atoms with Crippen molar-refractivity contribution >= 4 is 15.7 Å². The van der Waals surface area contributed by atoms with Crippen LogP contribution < -0.4 is 5.73 Å². The van der Waals surface area contributed by atoms with E-state index < -0.39 is 51.8 Å². The Balaban J connectivity index is 4.36. The van der Waals surface area contributed by atoms with Gasteiger partial charge < -0.3 is 15.6 Å². The first-order chi connectivity index (χ1) is 9.64. The molecule has 0 saturated carbocycles. The molecule has 0 fully saturated rings. The fraction of sp³-hybridized carbons (Fsp3) is 0.917. The first-order valence-electron chi connectivity index (χ1n) is 6.61. The molecule has 0 unspecified atom stereocenters. The normalized spacial score (nSPS) is 18.4. The quantitative estimate of drug-likeness (QED) is 0.602. The summed E-state index contributed by atoms with van der Waals surface area (Å²) in [7, 11) is -3.36. The van der Waals surface area contributed by atoms with Crippen LogP contribution in [-0.4, -0.2) is 50.7 Å². The van der Waals surface area contributed by atoms with E-state index in [-0.39, 0.29) is 12.2 Å². The van der Waals surface area contributed by atoms with Gasteiger partial charge in [-0.05, 0) is 33.6 Å². The number of nitrogens with one attached hydrogen (secondary N) is 1. The van der Waals surface area contributed by atoms with Crippen molar-refractivity contribution in [3.63, 3.8) is 0 Å². The molecule has 0 aromatic heterocycles. The fourth-order valence-corrected chi connectivity index (χ4v) is 2.82. The van der Waals surface area contributed by atoms with Gasteiger partial charge >= 0.3 is 12.1 Å². The Labute approximate surface area is 128 Å². The highest BCUT2D eigenvalue weighted by molar-refractivity contribution is 7.92. The number of hydrogen-bond acceptors (Lipinski definition) is 6. The highest BCUT2D eigenvalue weighted by atomic mass is 32.2. The molecule has 0 aliphatic rings. The van der Waals surface area contributed by atoms with Gasteiger partial charge in [0.1, 0.15) is 11.6 Å². The van der Waals surface area contributed by atoms with Crippen LogP contribution in [0.1, 0.15) is 33.6 Å². The number of esters is 1. The van der Waals surface area contributed by atoms with Gasteiger partial charge in [-0.2, -0.15) is 13.2 Å². The fourth-order valence-electron chi connectivity index (χ4n) is 1.38. The molecule has 10 heteroatoms. The van der Waals surface area contributed by atoms with Gasteiger partial charge in [0.05, 0.1) is 0 Å². The van der Waals surface area contributed by atoms with Crippen LogP contribution in [0.3, 0.4) is 0 Å². The Kier molecular flexibility index (Phi) is 7.30. The molecule has 22 heavy (non-hydrogen) atoms. The molecule has 3 atom stereocenters. The number of hydrogen-bond donors (Lipinski definition) is 3. The lowest BCUT2D eigenvalue weighted by Crippen LogP contribution is -2.38. The van der Waals surface area contributed by atoms with Crippen molar-refractivity contribution in [2.45, 2.75) is 57.5 Å². The van der Waals surface area contributed by atoms with E-state index in [0.29, 0.717) is 0 Å². The first-order valence-corrected chi connectivity index (χ1v) is 8.51. The molecule has 0 radical (unpaired) electrons. The number of ether oxygens (including phenoxy) is 1. The number of halogens is 3. The topological polar surface area (TPSA) is 113 Å². The Morgan fingerprint density at radius 2 is 1.73 bits per heavy atom. The van der Waals surface area contributed by atoms with Crippen LogP contribution in [0.4, 0.5) is 13.2 Å². The number of carbonyl (C=O) groups is 1. The predicted octanol–water partition coefficient (Wildman–Crippen LogP) is 1.41. The summed E-state index contributed by atoms with van der Waals surface area (Å²) in [6, 6.07) is -1.10. The molecule has 0 amide bonds. The number of aliphatic hydroxyl groups excluding tert-OH is 1. The molecule has 0 rings (SSSR count). The minimum Gasteiger partial charge on any atom is -0.459 e. The molecule has 0 aromatic carbocycles. The second-order valence-corrected chi connectivity index (χ2v) is 8.43. The first kappa shape index (κ1) is 21.1. The molecular formula is C12H23F3N2O4S. The van der Waals surface area contributed by atoms with Crippen LogP contribution in [0, 0.1) is 4.78 Å². The Morgan fingerprint density at radius 3 is 2.14 bits per heavy atom. The van der Waals surface area contributed by atoms with Crippen LogP contribution in [-0.2, 0) is 19.3 Å². The summed E-state index contributed by atoms with van der Waals surface area (Å²) in [4.78, 5) is 11.6. The number of carbonyl (C=O) groups excluding carboxylic acids is 1. The monoisotopic (exact) mass is 348 g/mol. The third kappa shape index (κ3) is 9.21. The average molecular weight is 348 g/mol. The van der Waals surface area contributed by atoms with Crippen LogP contribution in [0.5, 0.6) is 0 Å². The van der Waals surface area contributed by atoms with E-state index >= 15 is 0 Å². The number of aliphatic hydroxyl groups is 1. The van der Waals surface area contributed by atoms with E-state index in [1.165, 1.54) is 0 Å². The van der Waals surface area contributed by atoms with Gasteiger partial charge in [-0.15, -0.1) is 0 Å². The highest BCUT2D eigenvalue weighted by Gasteiger charge is 2.38. The molecule has 0 aliphatic heterocycles. The van der Waals surface area contributed by atoms with Crippen LogP contribution in [0.15, 0.2) is 0 Å². The summed E-state index contributed by atoms with van der Waals surface area (Å²) in [6.07, 6.45) is -8.38. The molecule has 0 bridgehead atoms. The lowest BCUT2D eigenvalue weighted by molar-refractivity contribution is -0.203. The minimum atomic E-state index is -4.80. The van der Waals surface area contributed by atoms with Crippen molar-refractivity contribution in [2.24, 2.45) is 5.73 Å². The molecule has 132 valence electrons. The molecule has 0 heterocycles. The SMILES string of the molecule is CC(C)(C)OC(=O)[C@@H](N)CC[S@@](=N)(=O)CC[C@H](O)C(F)(F)F. The molecule has 0 saturated heterocycles. The zero-order valence-corrected chi connectivity index (χ0v) is 13.6. The summed E-state index contributed by atoms with van der Waals surface area (Å²) in [5, 5.41) is 8.81. The lowest BCUT2D eigenvalue weighted by atomic mass is 10.2.